The van der Waals surface area contributed by atoms with Crippen LogP contribution in [0.2, 0.25) is 10.0 Å². The molecule has 17 heteroatoms. The number of pyridine rings is 1. The second kappa shape index (κ2) is 19.6. The number of guanidine groups is 1. The van der Waals surface area contributed by atoms with Gasteiger partial charge < -0.3 is 37.3 Å². The fourth-order valence-electron chi connectivity index (χ4n) is 6.87. The van der Waals surface area contributed by atoms with Gasteiger partial charge in [-0.1, -0.05) is 41.4 Å². The molecule has 58 heavy (non-hydrogen) atoms. The molecule has 1 aliphatic heterocycles. The summed E-state index contributed by atoms with van der Waals surface area (Å²) in [6.45, 7) is 3.45. The highest BCUT2D eigenvalue weighted by atomic mass is 35.5. The third-order valence-electron chi connectivity index (χ3n) is 9.81. The summed E-state index contributed by atoms with van der Waals surface area (Å²) in [5.41, 5.74) is 14.7. The van der Waals surface area contributed by atoms with E-state index in [9.17, 15) is 23.2 Å². The monoisotopic (exact) mass is 832 g/mol. The van der Waals surface area contributed by atoms with E-state index in [2.05, 4.69) is 42.3 Å². The van der Waals surface area contributed by atoms with Gasteiger partial charge in [-0.3, -0.25) is 24.5 Å². The van der Waals surface area contributed by atoms with Crippen LogP contribution in [0.4, 0.5) is 19.3 Å². The topological polar surface area (TPSA) is 185 Å². The molecule has 0 spiro atoms. The Bertz CT molecular complexity index is 2260. The van der Waals surface area contributed by atoms with Crippen LogP contribution >= 0.6 is 23.2 Å². The van der Waals surface area contributed by atoms with Gasteiger partial charge in [0.15, 0.2) is 17.6 Å². The van der Waals surface area contributed by atoms with Crippen molar-refractivity contribution in [2.24, 2.45) is 16.5 Å². The molecule has 6 rings (SSSR count). The number of anilines is 1. The summed E-state index contributed by atoms with van der Waals surface area (Å²) in [4.78, 5) is 51.4. The summed E-state index contributed by atoms with van der Waals surface area (Å²) in [5, 5.41) is 12.9. The Labute approximate surface area is 344 Å². The molecule has 2 atom stereocenters. The van der Waals surface area contributed by atoms with Crippen molar-refractivity contribution in [1.82, 2.24) is 30.4 Å². The second-order valence-electron chi connectivity index (χ2n) is 14.0. The number of aromatic nitrogens is 2. The number of nitrogens with zero attached hydrogens (tertiary/aromatic N) is 4. The predicted molar refractivity (Wildman–Crippen MR) is 221 cm³/mol. The number of aliphatic imine (C=N–C) groups is 1. The van der Waals surface area contributed by atoms with Gasteiger partial charge >= 0.3 is 6.03 Å². The molecular weight excluding hydrogens is 789 g/mol. The zero-order chi connectivity index (χ0) is 41.2. The van der Waals surface area contributed by atoms with Crippen molar-refractivity contribution >= 4 is 63.6 Å². The number of urea groups is 1. The van der Waals surface area contributed by atoms with E-state index in [4.69, 9.17) is 34.7 Å². The van der Waals surface area contributed by atoms with Crippen LogP contribution in [0.15, 0.2) is 90.3 Å². The summed E-state index contributed by atoms with van der Waals surface area (Å²) in [7, 11) is 0. The largest absolute Gasteiger partial charge is 0.370 e. The van der Waals surface area contributed by atoms with Crippen LogP contribution in [0.3, 0.4) is 0 Å². The number of rotatable bonds is 16. The smallest absolute Gasteiger partial charge is 0.320 e. The lowest BCUT2D eigenvalue weighted by Crippen LogP contribution is -2.51. The molecule has 0 unspecified atom stereocenters. The van der Waals surface area contributed by atoms with Crippen LogP contribution in [-0.2, 0) is 29.2 Å². The molecule has 0 radical (unpaired) electrons. The van der Waals surface area contributed by atoms with Crippen LogP contribution in [0, 0.1) is 11.6 Å². The molecule has 0 aliphatic carbocycles. The summed E-state index contributed by atoms with van der Waals surface area (Å²) < 4.78 is 30.7. The lowest BCUT2D eigenvalue weighted by atomic mass is 10.0. The number of nitrogens with one attached hydrogen (secondary N) is 4. The first kappa shape index (κ1) is 41.9. The van der Waals surface area contributed by atoms with Crippen molar-refractivity contribution in [3.05, 3.63) is 129 Å². The number of hydrogen-bond donors (Lipinski definition) is 6. The molecule has 2 aromatic heterocycles. The minimum Gasteiger partial charge on any atom is -0.370 e. The second-order valence-corrected chi connectivity index (χ2v) is 14.8. The van der Waals surface area contributed by atoms with E-state index >= 15 is 0 Å². The Morgan fingerprint density at radius 3 is 2.33 bits per heavy atom. The number of benzene rings is 3. The molecule has 1 fully saturated rings. The van der Waals surface area contributed by atoms with Crippen molar-refractivity contribution in [1.29, 1.82) is 0 Å². The Morgan fingerprint density at radius 2 is 1.62 bits per heavy atom. The van der Waals surface area contributed by atoms with Crippen LogP contribution in [0.5, 0.6) is 0 Å². The van der Waals surface area contributed by atoms with Crippen LogP contribution in [0.25, 0.3) is 10.9 Å². The molecule has 1 aliphatic rings. The lowest BCUT2D eigenvalue weighted by molar-refractivity contribution is -0.130. The van der Waals surface area contributed by atoms with Gasteiger partial charge in [-0.2, -0.15) is 0 Å². The van der Waals surface area contributed by atoms with Gasteiger partial charge in [-0.25, -0.2) is 13.6 Å². The zero-order valence-electron chi connectivity index (χ0n) is 31.5. The Hall–Kier alpha value is -5.77. The molecule has 8 N–H and O–H groups in total. The predicted octanol–water partition coefficient (Wildman–Crippen LogP) is 5.98. The van der Waals surface area contributed by atoms with Crippen molar-refractivity contribution in [2.75, 3.05) is 25.0 Å². The SMILES string of the molecule is NC(N)=NCCC[C@H](NC(=O)[C@@H](NC(=O)Nc1ccc2c(CN3CCCC3)cn(Cc3c(Cl)cccc3Cl)c2c1)c1ccc(F)c(F)c1)C(=O)NCc1ccncc1. The minimum absolute atomic E-state index is 0.0597. The first-order valence-electron chi connectivity index (χ1n) is 18.8. The van der Waals surface area contributed by atoms with E-state index in [0.717, 1.165) is 72.2 Å². The van der Waals surface area contributed by atoms with Crippen molar-refractivity contribution in [3.63, 3.8) is 0 Å². The third-order valence-corrected chi connectivity index (χ3v) is 10.5. The van der Waals surface area contributed by atoms with Gasteiger partial charge in [0.25, 0.3) is 0 Å². The quantitative estimate of drug-likeness (QED) is 0.0401. The van der Waals surface area contributed by atoms with Gasteiger partial charge in [0.05, 0.1) is 12.1 Å². The van der Waals surface area contributed by atoms with Crippen molar-refractivity contribution in [3.8, 4) is 0 Å². The normalized spacial score (nSPS) is 13.8. The standard InChI is InChI=1S/C41H44Cl2F2N10O3/c42-31-5-3-6-32(43)30(31)24-55-23-27(22-54-17-1-2-18-54)29-10-9-28(20-36(29)55)51-41(58)53-37(26-8-11-33(44)34(45)19-26)39(57)52-35(7-4-14-49-40(46)47)38(56)50-21-25-12-15-48-16-13-25/h3,5-6,8-13,15-16,19-20,23,35,37H,1-2,4,7,14,17-18,21-22,24H2,(H,50,56)(H,52,57)(H4,46,47,49)(H2,51,53,58)/t35-,37-/m0/s1. The molecule has 1 saturated heterocycles. The maximum absolute atomic E-state index is 14.6. The average Bonchev–Trinajstić information content (AvgIpc) is 3.84. The maximum Gasteiger partial charge on any atom is 0.320 e. The minimum atomic E-state index is -1.55. The van der Waals surface area contributed by atoms with Gasteiger partial charge in [0, 0.05) is 64.9 Å². The number of likely N-dealkylation sites (tertiary alicyclic amines) is 1. The molecule has 304 valence electrons. The van der Waals surface area contributed by atoms with Gasteiger partial charge in [-0.15, -0.1) is 0 Å². The number of amides is 4. The Balaban J connectivity index is 1.24. The summed E-state index contributed by atoms with van der Waals surface area (Å²) in [6.07, 6.45) is 7.93. The number of carbonyl (C=O) groups is 3. The first-order valence-corrected chi connectivity index (χ1v) is 19.5. The van der Waals surface area contributed by atoms with Crippen LogP contribution in [0.1, 0.15) is 54.0 Å². The fourth-order valence-corrected chi connectivity index (χ4v) is 7.39. The van der Waals surface area contributed by atoms with E-state index in [1.54, 1.807) is 54.9 Å². The molecule has 0 bridgehead atoms. The highest BCUT2D eigenvalue weighted by molar-refractivity contribution is 6.36. The summed E-state index contributed by atoms with van der Waals surface area (Å²) >= 11 is 13.1. The van der Waals surface area contributed by atoms with E-state index in [1.165, 1.54) is 6.07 Å². The van der Waals surface area contributed by atoms with Crippen LogP contribution in [-0.4, -0.2) is 63.9 Å². The van der Waals surface area contributed by atoms with Gasteiger partial charge in [-0.05, 0) is 104 Å². The fraction of sp³-hybridized carbons (Fsp3) is 0.293. The summed E-state index contributed by atoms with van der Waals surface area (Å²) in [5.74, 6) is -3.87. The molecule has 3 heterocycles. The first-order chi connectivity index (χ1) is 27.9. The number of halogens is 4. The molecular formula is C41H44Cl2F2N10O3. The zero-order valence-corrected chi connectivity index (χ0v) is 33.0. The molecule has 0 saturated carbocycles. The molecule has 5 aromatic rings. The highest BCUT2D eigenvalue weighted by Crippen LogP contribution is 2.31. The number of nitrogens with two attached hydrogens (primary N) is 2. The van der Waals surface area contributed by atoms with Gasteiger partial charge in [0.2, 0.25) is 11.8 Å². The molecule has 13 nitrogen and oxygen atoms in total. The highest BCUT2D eigenvalue weighted by Gasteiger charge is 2.29. The van der Waals surface area contributed by atoms with Crippen molar-refractivity contribution in [2.45, 2.75) is 57.4 Å². The van der Waals surface area contributed by atoms with Crippen LogP contribution < -0.4 is 32.7 Å². The Kier molecular flexibility index (Phi) is 14.1. The van der Waals surface area contributed by atoms with Gasteiger partial charge in [0.1, 0.15) is 12.1 Å². The van der Waals surface area contributed by atoms with Crippen molar-refractivity contribution < 1.29 is 23.2 Å². The number of fused-ring (bicyclic) bond motifs is 1. The van der Waals surface area contributed by atoms with E-state index in [1.807, 2.05) is 10.6 Å². The number of carbonyl (C=O) groups excluding carboxylic acids is 3. The molecule has 3 aromatic carbocycles. The molecule has 4 amide bonds. The number of hydrogen-bond acceptors (Lipinski definition) is 6. The van der Waals surface area contributed by atoms with E-state index < -0.39 is 41.6 Å². The third kappa shape index (κ3) is 11.0. The Morgan fingerprint density at radius 1 is 0.879 bits per heavy atom. The lowest BCUT2D eigenvalue weighted by Gasteiger charge is -2.24. The summed E-state index contributed by atoms with van der Waals surface area (Å²) in [6, 6.07) is 13.6. The maximum atomic E-state index is 14.6. The van der Waals surface area contributed by atoms with E-state index in [-0.39, 0.29) is 31.0 Å². The van der Waals surface area contributed by atoms with E-state index in [0.29, 0.717) is 28.7 Å². The average molecular weight is 834 g/mol.